The number of aryl methyl sites for hydroxylation is 2. The average Bonchev–Trinajstić information content (AvgIpc) is 2.14. The van der Waals surface area contributed by atoms with E-state index in [1.54, 1.807) is 19.1 Å². The van der Waals surface area contributed by atoms with Crippen LogP contribution in [-0.4, -0.2) is 15.0 Å². The standard InChI is InChI=1S/C11H14BrNO2S/c1-8-4-5-11(9(2)6-8)16(14,15)13-7-10(3)12/h4-6,13H,3,7H2,1-2H3. The molecule has 0 atom stereocenters. The summed E-state index contributed by atoms with van der Waals surface area (Å²) in [5.74, 6) is 0. The van der Waals surface area contributed by atoms with Crippen LogP contribution in [0.2, 0.25) is 0 Å². The fraction of sp³-hybridized carbons (Fsp3) is 0.273. The van der Waals surface area contributed by atoms with Crippen molar-refractivity contribution in [2.45, 2.75) is 18.7 Å². The third-order valence-electron chi connectivity index (χ3n) is 2.07. The van der Waals surface area contributed by atoms with Crippen molar-refractivity contribution in [3.8, 4) is 0 Å². The lowest BCUT2D eigenvalue weighted by atomic mass is 10.2. The number of sulfonamides is 1. The van der Waals surface area contributed by atoms with Crippen LogP contribution in [0, 0.1) is 13.8 Å². The highest BCUT2D eigenvalue weighted by atomic mass is 79.9. The molecule has 1 aromatic rings. The molecule has 0 radical (unpaired) electrons. The number of halogens is 1. The van der Waals surface area contributed by atoms with Crippen LogP contribution in [0.3, 0.4) is 0 Å². The molecule has 0 unspecified atom stereocenters. The summed E-state index contributed by atoms with van der Waals surface area (Å²) in [4.78, 5) is 0.312. The molecule has 5 heteroatoms. The van der Waals surface area contributed by atoms with E-state index in [0.29, 0.717) is 9.38 Å². The summed E-state index contributed by atoms with van der Waals surface area (Å²) in [6.07, 6.45) is 0. The second kappa shape index (κ2) is 5.12. The molecule has 88 valence electrons. The maximum Gasteiger partial charge on any atom is 0.241 e. The van der Waals surface area contributed by atoms with Gasteiger partial charge in [0.25, 0.3) is 0 Å². The molecule has 0 amide bonds. The molecule has 1 rings (SSSR count). The molecular weight excluding hydrogens is 290 g/mol. The highest BCUT2D eigenvalue weighted by Crippen LogP contribution is 2.16. The third-order valence-corrected chi connectivity index (χ3v) is 3.92. The Balaban J connectivity index is 3.03. The SMILES string of the molecule is C=C(Br)CNS(=O)(=O)c1ccc(C)cc1C. The first kappa shape index (κ1) is 13.4. The minimum absolute atomic E-state index is 0.190. The van der Waals surface area contributed by atoms with Crippen LogP contribution in [0.1, 0.15) is 11.1 Å². The molecular formula is C11H14BrNO2S. The molecule has 0 aliphatic heterocycles. The van der Waals surface area contributed by atoms with Gasteiger partial charge in [-0.25, -0.2) is 13.1 Å². The molecule has 1 N–H and O–H groups in total. The molecule has 0 heterocycles. The molecule has 0 spiro atoms. The molecule has 0 saturated carbocycles. The van der Waals surface area contributed by atoms with Gasteiger partial charge in [0, 0.05) is 11.0 Å². The summed E-state index contributed by atoms with van der Waals surface area (Å²) >= 11 is 3.11. The Morgan fingerprint density at radius 3 is 2.56 bits per heavy atom. The third kappa shape index (κ3) is 3.43. The van der Waals surface area contributed by atoms with Crippen molar-refractivity contribution in [2.75, 3.05) is 6.54 Å². The van der Waals surface area contributed by atoms with Gasteiger partial charge in [-0.2, -0.15) is 0 Å². The maximum atomic E-state index is 11.9. The van der Waals surface area contributed by atoms with Crippen LogP contribution in [0.4, 0.5) is 0 Å². The van der Waals surface area contributed by atoms with Crippen LogP contribution < -0.4 is 4.72 Å². The smallest absolute Gasteiger partial charge is 0.207 e. The lowest BCUT2D eigenvalue weighted by Crippen LogP contribution is -2.25. The van der Waals surface area contributed by atoms with Crippen LogP contribution in [-0.2, 0) is 10.0 Å². The van der Waals surface area contributed by atoms with E-state index in [-0.39, 0.29) is 6.54 Å². The second-order valence-electron chi connectivity index (χ2n) is 3.61. The minimum atomic E-state index is -3.44. The Morgan fingerprint density at radius 2 is 2.06 bits per heavy atom. The molecule has 0 aromatic heterocycles. The Hall–Kier alpha value is -0.650. The van der Waals surface area contributed by atoms with Gasteiger partial charge in [0.1, 0.15) is 0 Å². The molecule has 3 nitrogen and oxygen atoms in total. The Labute approximate surface area is 105 Å². The molecule has 0 aliphatic rings. The summed E-state index contributed by atoms with van der Waals surface area (Å²) in [5.41, 5.74) is 1.79. The van der Waals surface area contributed by atoms with Gasteiger partial charge in [0.15, 0.2) is 0 Å². The van der Waals surface area contributed by atoms with Gasteiger partial charge in [-0.15, -0.1) is 0 Å². The fourth-order valence-electron chi connectivity index (χ4n) is 1.35. The molecule has 1 aromatic carbocycles. The summed E-state index contributed by atoms with van der Waals surface area (Å²) < 4.78 is 26.9. The van der Waals surface area contributed by atoms with Gasteiger partial charge in [-0.3, -0.25) is 0 Å². The predicted molar refractivity (Wildman–Crippen MR) is 69.2 cm³/mol. The van der Waals surface area contributed by atoms with Crippen molar-refractivity contribution >= 4 is 26.0 Å². The molecule has 0 fully saturated rings. The second-order valence-corrected chi connectivity index (χ2v) is 6.47. The summed E-state index contributed by atoms with van der Waals surface area (Å²) in [6.45, 7) is 7.48. The van der Waals surface area contributed by atoms with E-state index in [9.17, 15) is 8.42 Å². The van der Waals surface area contributed by atoms with Gasteiger partial charge in [-0.1, -0.05) is 40.2 Å². The lowest BCUT2D eigenvalue weighted by Gasteiger charge is -2.09. The zero-order valence-corrected chi connectivity index (χ0v) is 11.7. The fourth-order valence-corrected chi connectivity index (χ4v) is 2.93. The number of hydrogen-bond donors (Lipinski definition) is 1. The van der Waals surface area contributed by atoms with E-state index in [0.717, 1.165) is 11.1 Å². The zero-order valence-electron chi connectivity index (χ0n) is 9.25. The first-order valence-corrected chi connectivity index (χ1v) is 7.01. The number of nitrogens with one attached hydrogen (secondary N) is 1. The van der Waals surface area contributed by atoms with E-state index < -0.39 is 10.0 Å². The predicted octanol–water partition coefficient (Wildman–Crippen LogP) is 2.49. The summed E-state index contributed by atoms with van der Waals surface area (Å²) in [6, 6.07) is 5.24. The van der Waals surface area contributed by atoms with Crippen molar-refractivity contribution in [2.24, 2.45) is 0 Å². The van der Waals surface area contributed by atoms with E-state index in [1.165, 1.54) is 0 Å². The maximum absolute atomic E-state index is 11.9. The van der Waals surface area contributed by atoms with Crippen molar-refractivity contribution < 1.29 is 8.42 Å². The summed E-state index contributed by atoms with van der Waals surface area (Å²) in [5, 5.41) is 0. The van der Waals surface area contributed by atoms with Crippen LogP contribution in [0.25, 0.3) is 0 Å². The van der Waals surface area contributed by atoms with Gasteiger partial charge in [0.2, 0.25) is 10.0 Å². The number of hydrogen-bond acceptors (Lipinski definition) is 2. The molecule has 0 saturated heterocycles. The Morgan fingerprint density at radius 1 is 1.44 bits per heavy atom. The summed E-state index contributed by atoms with van der Waals surface area (Å²) in [7, 11) is -3.44. The highest BCUT2D eigenvalue weighted by molar-refractivity contribution is 9.11. The van der Waals surface area contributed by atoms with Crippen LogP contribution in [0.5, 0.6) is 0 Å². The quantitative estimate of drug-likeness (QED) is 0.929. The Kier molecular flexibility index (Phi) is 4.29. The number of benzene rings is 1. The monoisotopic (exact) mass is 303 g/mol. The van der Waals surface area contributed by atoms with Gasteiger partial charge >= 0.3 is 0 Å². The largest absolute Gasteiger partial charge is 0.241 e. The van der Waals surface area contributed by atoms with E-state index in [2.05, 4.69) is 27.2 Å². The van der Waals surface area contributed by atoms with E-state index in [4.69, 9.17) is 0 Å². The molecule has 0 aliphatic carbocycles. The van der Waals surface area contributed by atoms with Crippen molar-refractivity contribution in [1.82, 2.24) is 4.72 Å². The lowest BCUT2D eigenvalue weighted by molar-refractivity contribution is 0.585. The highest BCUT2D eigenvalue weighted by Gasteiger charge is 2.15. The van der Waals surface area contributed by atoms with Gasteiger partial charge < -0.3 is 0 Å². The van der Waals surface area contributed by atoms with E-state index >= 15 is 0 Å². The van der Waals surface area contributed by atoms with Gasteiger partial charge in [-0.05, 0) is 25.5 Å². The topological polar surface area (TPSA) is 46.2 Å². The first-order chi connectivity index (χ1) is 7.33. The average molecular weight is 304 g/mol. The van der Waals surface area contributed by atoms with Crippen molar-refractivity contribution in [1.29, 1.82) is 0 Å². The first-order valence-electron chi connectivity index (χ1n) is 4.73. The van der Waals surface area contributed by atoms with Crippen LogP contribution in [0.15, 0.2) is 34.2 Å². The van der Waals surface area contributed by atoms with Crippen molar-refractivity contribution in [3.63, 3.8) is 0 Å². The van der Waals surface area contributed by atoms with E-state index in [1.807, 2.05) is 13.0 Å². The normalized spacial score (nSPS) is 11.4. The zero-order chi connectivity index (χ0) is 12.3. The molecule has 16 heavy (non-hydrogen) atoms. The Bertz CT molecular complexity index is 509. The number of rotatable bonds is 4. The molecule has 0 bridgehead atoms. The van der Waals surface area contributed by atoms with Crippen LogP contribution >= 0.6 is 15.9 Å². The van der Waals surface area contributed by atoms with Crippen molar-refractivity contribution in [3.05, 3.63) is 40.4 Å². The minimum Gasteiger partial charge on any atom is -0.207 e. The van der Waals surface area contributed by atoms with Gasteiger partial charge in [0.05, 0.1) is 4.90 Å².